The van der Waals surface area contributed by atoms with E-state index in [1.807, 2.05) is 37.3 Å². The number of aryl methyl sites for hydroxylation is 1. The number of thiazole rings is 1. The van der Waals surface area contributed by atoms with E-state index in [9.17, 15) is 27.6 Å². The fourth-order valence-corrected chi connectivity index (χ4v) is 4.10. The Morgan fingerprint density at radius 1 is 0.951 bits per heavy atom. The molecule has 1 heterocycles. The zero-order chi connectivity index (χ0) is 30.7. The van der Waals surface area contributed by atoms with Crippen LogP contribution in [0.2, 0.25) is 0 Å². The number of carboxylic acids is 2. The number of nitrogens with two attached hydrogens (primary N) is 2. The van der Waals surface area contributed by atoms with Crippen molar-refractivity contribution in [3.63, 3.8) is 0 Å². The highest BCUT2D eigenvalue weighted by atomic mass is 32.1. The smallest absolute Gasteiger partial charge is 0.480 e. The van der Waals surface area contributed by atoms with Crippen LogP contribution in [0, 0.1) is 6.92 Å². The number of aliphatic carboxylic acids is 2. The van der Waals surface area contributed by atoms with Gasteiger partial charge in [-0.2, -0.15) is 13.2 Å². The summed E-state index contributed by atoms with van der Waals surface area (Å²) in [5, 5.41) is 16.5. The fraction of sp³-hybridized carbons (Fsp3) is 0.148. The molecule has 6 N–H and O–H groups in total. The van der Waals surface area contributed by atoms with Crippen LogP contribution < -0.4 is 16.4 Å². The number of anilines is 1. The van der Waals surface area contributed by atoms with E-state index in [0.717, 1.165) is 21.3 Å². The Bertz CT molecular complexity index is 1530. The second kappa shape index (κ2) is 14.5. The monoisotopic (exact) mass is 590 g/mol. The number of carbonyl (C=O) groups is 4. The number of para-hydroxylation sites is 2. The van der Waals surface area contributed by atoms with Crippen LogP contribution in [0.25, 0.3) is 10.2 Å². The summed E-state index contributed by atoms with van der Waals surface area (Å²) in [7, 11) is 0. The number of hydrogen-bond acceptors (Lipinski definition) is 7. The Labute approximate surface area is 235 Å². The van der Waals surface area contributed by atoms with Crippen molar-refractivity contribution >= 4 is 51.0 Å². The third-order valence-corrected chi connectivity index (χ3v) is 6.13. The molecule has 4 aromatic rings. The lowest BCUT2D eigenvalue weighted by molar-refractivity contribution is -0.192. The molecule has 14 heteroatoms. The van der Waals surface area contributed by atoms with Crippen LogP contribution in [-0.2, 0) is 16.1 Å². The molecular weight excluding hydrogens is 565 g/mol. The van der Waals surface area contributed by atoms with Gasteiger partial charge in [-0.3, -0.25) is 19.3 Å². The third kappa shape index (κ3) is 9.70. The van der Waals surface area contributed by atoms with Crippen LogP contribution >= 0.6 is 11.3 Å². The van der Waals surface area contributed by atoms with Crippen molar-refractivity contribution < 1.29 is 42.6 Å². The van der Waals surface area contributed by atoms with Gasteiger partial charge in [0.25, 0.3) is 11.8 Å². The van der Waals surface area contributed by atoms with E-state index in [2.05, 4.69) is 4.98 Å². The molecule has 0 saturated carbocycles. The van der Waals surface area contributed by atoms with Crippen molar-refractivity contribution in [2.24, 2.45) is 11.5 Å². The number of benzene rings is 3. The maximum absolute atomic E-state index is 12.6. The van der Waals surface area contributed by atoms with Gasteiger partial charge in [0.2, 0.25) is 0 Å². The topological polar surface area (TPSA) is 177 Å². The predicted octanol–water partition coefficient (Wildman–Crippen LogP) is 4.21. The summed E-state index contributed by atoms with van der Waals surface area (Å²) in [6, 6.07) is 21.5. The summed E-state index contributed by atoms with van der Waals surface area (Å²) in [6.07, 6.45) is -5.08. The van der Waals surface area contributed by atoms with Gasteiger partial charge in [0.1, 0.15) is 6.54 Å². The number of carboxylic acid groups (broad SMARTS) is 2. The van der Waals surface area contributed by atoms with E-state index in [0.29, 0.717) is 22.8 Å². The molecule has 0 fully saturated rings. The molecule has 4 rings (SSSR count). The number of halogens is 3. The van der Waals surface area contributed by atoms with Crippen molar-refractivity contribution in [3.8, 4) is 0 Å². The SMILES string of the molecule is Cc1cccc2sc(C(N)=O)nc12.NCc1cccc(C(=O)N(CC(=O)O)c2ccccc2)c1.O=C(O)C(F)(F)F. The van der Waals surface area contributed by atoms with Gasteiger partial charge in [0, 0.05) is 17.8 Å². The molecule has 216 valence electrons. The van der Waals surface area contributed by atoms with Gasteiger partial charge >= 0.3 is 18.1 Å². The highest BCUT2D eigenvalue weighted by Gasteiger charge is 2.38. The van der Waals surface area contributed by atoms with Crippen molar-refractivity contribution in [2.45, 2.75) is 19.6 Å². The number of hydrogen-bond donors (Lipinski definition) is 4. The van der Waals surface area contributed by atoms with E-state index in [1.54, 1.807) is 42.5 Å². The lowest BCUT2D eigenvalue weighted by atomic mass is 10.1. The van der Waals surface area contributed by atoms with E-state index in [-0.39, 0.29) is 5.91 Å². The molecule has 1 aromatic heterocycles. The number of carbonyl (C=O) groups excluding carboxylic acids is 2. The number of primary amides is 1. The van der Waals surface area contributed by atoms with Crippen LogP contribution in [0.4, 0.5) is 18.9 Å². The second-order valence-corrected chi connectivity index (χ2v) is 9.16. The number of alkyl halides is 3. The first kappa shape index (κ1) is 32.4. The van der Waals surface area contributed by atoms with Gasteiger partial charge in [-0.1, -0.05) is 42.5 Å². The van der Waals surface area contributed by atoms with Crippen LogP contribution in [-0.4, -0.2) is 51.7 Å². The van der Waals surface area contributed by atoms with E-state index in [1.165, 1.54) is 16.2 Å². The Kier molecular flexibility index (Phi) is 11.5. The molecule has 0 atom stereocenters. The maximum atomic E-state index is 12.6. The third-order valence-electron chi connectivity index (χ3n) is 5.09. The lowest BCUT2D eigenvalue weighted by Gasteiger charge is -2.21. The average molecular weight is 591 g/mol. The van der Waals surface area contributed by atoms with Crippen molar-refractivity contribution in [1.29, 1.82) is 0 Å². The zero-order valence-corrected chi connectivity index (χ0v) is 22.3. The van der Waals surface area contributed by atoms with E-state index >= 15 is 0 Å². The summed E-state index contributed by atoms with van der Waals surface area (Å²) in [5.74, 6) is -4.64. The largest absolute Gasteiger partial charge is 0.490 e. The lowest BCUT2D eigenvalue weighted by Crippen LogP contribution is -2.35. The second-order valence-electron chi connectivity index (χ2n) is 8.13. The first-order valence-electron chi connectivity index (χ1n) is 11.6. The maximum Gasteiger partial charge on any atom is 0.490 e. The Hall–Kier alpha value is -4.82. The Morgan fingerprint density at radius 3 is 2.07 bits per heavy atom. The fourth-order valence-electron chi connectivity index (χ4n) is 3.20. The van der Waals surface area contributed by atoms with E-state index < -0.39 is 30.6 Å². The Morgan fingerprint density at radius 2 is 1.56 bits per heavy atom. The van der Waals surface area contributed by atoms with Crippen LogP contribution in [0.15, 0.2) is 72.8 Å². The molecule has 41 heavy (non-hydrogen) atoms. The van der Waals surface area contributed by atoms with Gasteiger partial charge < -0.3 is 21.7 Å². The molecular formula is C27H25F3N4O6S. The van der Waals surface area contributed by atoms with E-state index in [4.69, 9.17) is 26.5 Å². The molecule has 0 aliphatic rings. The quantitative estimate of drug-likeness (QED) is 0.258. The summed E-state index contributed by atoms with van der Waals surface area (Å²) in [6.45, 7) is 1.90. The standard InChI is InChI=1S/C16H16N2O3.C9H8N2OS.C2HF3O2/c17-10-12-5-4-6-13(9-12)16(21)18(11-15(19)20)14-7-2-1-3-8-14;1-5-3-2-4-6-7(5)11-9(13-6)8(10)12;3-2(4,5)1(6)7/h1-9H,10-11,17H2,(H,19,20);2-4H,1H3,(H2,10,12);(H,6,7). The minimum atomic E-state index is -5.08. The molecule has 3 aromatic carbocycles. The summed E-state index contributed by atoms with van der Waals surface area (Å²) in [5.41, 5.74) is 14.4. The van der Waals surface area contributed by atoms with Crippen LogP contribution in [0.1, 0.15) is 31.3 Å². The molecule has 2 amide bonds. The molecule has 0 aliphatic heterocycles. The van der Waals surface area contributed by atoms with Gasteiger partial charge in [-0.25, -0.2) is 9.78 Å². The van der Waals surface area contributed by atoms with Gasteiger partial charge in [-0.05, 0) is 48.4 Å². The first-order valence-corrected chi connectivity index (χ1v) is 12.4. The van der Waals surface area contributed by atoms with Gasteiger partial charge in [0.15, 0.2) is 5.01 Å². The predicted molar refractivity (Wildman–Crippen MR) is 147 cm³/mol. The summed E-state index contributed by atoms with van der Waals surface area (Å²) < 4.78 is 32.7. The number of nitrogens with zero attached hydrogens (tertiary/aromatic N) is 2. The minimum Gasteiger partial charge on any atom is -0.480 e. The molecule has 0 aliphatic carbocycles. The minimum absolute atomic E-state index is 0.325. The van der Waals surface area contributed by atoms with Crippen molar-refractivity contribution in [1.82, 2.24) is 4.98 Å². The van der Waals surface area contributed by atoms with Crippen LogP contribution in [0.5, 0.6) is 0 Å². The first-order chi connectivity index (χ1) is 19.2. The highest BCUT2D eigenvalue weighted by molar-refractivity contribution is 7.20. The average Bonchev–Trinajstić information content (AvgIpc) is 3.38. The molecule has 0 saturated heterocycles. The number of amides is 2. The molecule has 0 bridgehead atoms. The number of rotatable bonds is 6. The number of aromatic nitrogens is 1. The molecule has 10 nitrogen and oxygen atoms in total. The normalized spacial score (nSPS) is 10.5. The Balaban J connectivity index is 0.000000249. The van der Waals surface area contributed by atoms with Crippen molar-refractivity contribution in [2.75, 3.05) is 11.4 Å². The van der Waals surface area contributed by atoms with Gasteiger partial charge in [-0.15, -0.1) is 11.3 Å². The molecule has 0 radical (unpaired) electrons. The summed E-state index contributed by atoms with van der Waals surface area (Å²) in [4.78, 5) is 48.7. The molecule has 0 unspecified atom stereocenters. The molecule has 0 spiro atoms. The number of fused-ring (bicyclic) bond motifs is 1. The zero-order valence-electron chi connectivity index (χ0n) is 21.5. The highest BCUT2D eigenvalue weighted by Crippen LogP contribution is 2.24. The van der Waals surface area contributed by atoms with Crippen LogP contribution in [0.3, 0.4) is 0 Å². The van der Waals surface area contributed by atoms with Crippen molar-refractivity contribution in [3.05, 3.63) is 94.5 Å². The summed E-state index contributed by atoms with van der Waals surface area (Å²) >= 11 is 1.33. The van der Waals surface area contributed by atoms with Gasteiger partial charge in [0.05, 0.1) is 10.2 Å².